The van der Waals surface area contributed by atoms with Crippen LogP contribution in [0.1, 0.15) is 53.1 Å². The summed E-state index contributed by atoms with van der Waals surface area (Å²) in [6, 6.07) is 13.1. The van der Waals surface area contributed by atoms with Crippen LogP contribution in [0.25, 0.3) is 5.00 Å². The minimum Gasteiger partial charge on any atom is -0.494 e. The van der Waals surface area contributed by atoms with E-state index in [4.69, 9.17) is 4.74 Å². The molecule has 1 aromatic carbocycles. The molecule has 3 nitrogen and oxygen atoms in total. The molecule has 3 heterocycles. The SMILES string of the molecule is CCOc1cccc([C@H]2NCc3c(sc4c3CCCC4)-n3cccc32)c1. The molecule has 0 saturated carbocycles. The Morgan fingerprint density at radius 2 is 2.08 bits per heavy atom. The van der Waals surface area contributed by atoms with Crippen molar-refractivity contribution >= 4 is 11.3 Å². The molecule has 5 rings (SSSR count). The van der Waals surface area contributed by atoms with Gasteiger partial charge in [-0.05, 0) is 68.0 Å². The summed E-state index contributed by atoms with van der Waals surface area (Å²) in [5, 5.41) is 5.26. The monoisotopic (exact) mass is 364 g/mol. The molecule has 0 spiro atoms. The number of aromatic nitrogens is 1. The Balaban J connectivity index is 1.59. The highest BCUT2D eigenvalue weighted by molar-refractivity contribution is 7.15. The van der Waals surface area contributed by atoms with Gasteiger partial charge in [0.25, 0.3) is 0 Å². The van der Waals surface area contributed by atoms with E-state index in [1.807, 2.05) is 24.3 Å². The summed E-state index contributed by atoms with van der Waals surface area (Å²) >= 11 is 2.01. The number of nitrogens with one attached hydrogen (secondary N) is 1. The first-order valence-electron chi connectivity index (χ1n) is 9.62. The number of ether oxygens (including phenoxy) is 1. The van der Waals surface area contributed by atoms with Crippen LogP contribution in [0.2, 0.25) is 0 Å². The van der Waals surface area contributed by atoms with Crippen LogP contribution in [-0.2, 0) is 19.4 Å². The highest BCUT2D eigenvalue weighted by atomic mass is 32.1. The van der Waals surface area contributed by atoms with Gasteiger partial charge in [-0.1, -0.05) is 12.1 Å². The van der Waals surface area contributed by atoms with Crippen molar-refractivity contribution < 1.29 is 4.74 Å². The lowest BCUT2D eigenvalue weighted by atomic mass is 9.95. The molecule has 2 aromatic heterocycles. The summed E-state index contributed by atoms with van der Waals surface area (Å²) in [5.41, 5.74) is 5.72. The number of nitrogens with zero attached hydrogens (tertiary/aromatic N) is 1. The van der Waals surface area contributed by atoms with Crippen LogP contribution >= 0.6 is 11.3 Å². The quantitative estimate of drug-likeness (QED) is 0.707. The molecule has 1 aliphatic heterocycles. The lowest BCUT2D eigenvalue weighted by Gasteiger charge is -2.19. The van der Waals surface area contributed by atoms with Gasteiger partial charge in [-0.2, -0.15) is 0 Å². The van der Waals surface area contributed by atoms with Crippen molar-refractivity contribution in [3.8, 4) is 10.8 Å². The predicted octanol–water partition coefficient (Wildman–Crippen LogP) is 5.01. The van der Waals surface area contributed by atoms with E-state index in [0.29, 0.717) is 6.61 Å². The first kappa shape index (κ1) is 16.2. The van der Waals surface area contributed by atoms with Gasteiger partial charge in [-0.25, -0.2) is 0 Å². The lowest BCUT2D eigenvalue weighted by Crippen LogP contribution is -2.22. The molecule has 0 fully saturated rings. The summed E-state index contributed by atoms with van der Waals surface area (Å²) in [5.74, 6) is 0.946. The van der Waals surface area contributed by atoms with Crippen molar-refractivity contribution in [3.63, 3.8) is 0 Å². The Morgan fingerprint density at radius 3 is 3.00 bits per heavy atom. The van der Waals surface area contributed by atoms with Gasteiger partial charge in [0.05, 0.1) is 12.6 Å². The van der Waals surface area contributed by atoms with Gasteiger partial charge in [0.2, 0.25) is 0 Å². The molecule has 1 aliphatic carbocycles. The number of aryl methyl sites for hydroxylation is 1. The zero-order valence-electron chi connectivity index (χ0n) is 15.1. The molecule has 134 valence electrons. The number of thiophene rings is 1. The molecular weight excluding hydrogens is 340 g/mol. The van der Waals surface area contributed by atoms with E-state index in [2.05, 4.69) is 46.4 Å². The maximum Gasteiger partial charge on any atom is 0.119 e. The van der Waals surface area contributed by atoms with Crippen LogP contribution in [0.5, 0.6) is 5.75 Å². The largest absolute Gasteiger partial charge is 0.494 e. The molecular formula is C22H24N2OS. The fraction of sp³-hybridized carbons (Fsp3) is 0.364. The van der Waals surface area contributed by atoms with Crippen LogP contribution in [0, 0.1) is 0 Å². The first-order valence-corrected chi connectivity index (χ1v) is 10.4. The van der Waals surface area contributed by atoms with Gasteiger partial charge in [-0.15, -0.1) is 11.3 Å². The standard InChI is InChI=1S/C22H24N2OS/c1-2-25-16-8-5-7-15(13-16)21-19-10-6-12-24(19)22-18(14-23-21)17-9-3-4-11-20(17)26-22/h5-8,10,12-13,21,23H,2-4,9,11,14H2,1H3/t21-/m1/s1. The molecule has 1 atom stereocenters. The molecule has 0 bridgehead atoms. The van der Waals surface area contributed by atoms with Crippen LogP contribution < -0.4 is 10.1 Å². The van der Waals surface area contributed by atoms with Crippen molar-refractivity contribution in [1.82, 2.24) is 9.88 Å². The van der Waals surface area contributed by atoms with Gasteiger partial charge >= 0.3 is 0 Å². The fourth-order valence-corrected chi connectivity index (χ4v) is 5.77. The third-order valence-corrected chi connectivity index (χ3v) is 6.87. The Labute approximate surface area is 158 Å². The second kappa shape index (κ2) is 6.60. The zero-order chi connectivity index (χ0) is 17.5. The lowest BCUT2D eigenvalue weighted by molar-refractivity contribution is 0.339. The fourth-order valence-electron chi connectivity index (χ4n) is 4.36. The minimum atomic E-state index is 0.184. The maximum atomic E-state index is 5.73. The smallest absolute Gasteiger partial charge is 0.119 e. The molecule has 1 N–H and O–H groups in total. The van der Waals surface area contributed by atoms with Crippen LogP contribution in [-0.4, -0.2) is 11.2 Å². The van der Waals surface area contributed by atoms with Gasteiger partial charge in [0, 0.05) is 28.9 Å². The Bertz CT molecular complexity index is 940. The van der Waals surface area contributed by atoms with Crippen molar-refractivity contribution in [2.24, 2.45) is 0 Å². The van der Waals surface area contributed by atoms with Crippen LogP contribution in [0.3, 0.4) is 0 Å². The highest BCUT2D eigenvalue weighted by Crippen LogP contribution is 2.41. The molecule has 4 heteroatoms. The van der Waals surface area contributed by atoms with E-state index in [1.165, 1.54) is 47.5 Å². The van der Waals surface area contributed by atoms with E-state index >= 15 is 0 Å². The molecule has 2 aliphatic rings. The van der Waals surface area contributed by atoms with E-state index in [0.717, 1.165) is 12.3 Å². The van der Waals surface area contributed by atoms with Crippen molar-refractivity contribution in [3.05, 3.63) is 69.9 Å². The average Bonchev–Trinajstić information content (AvgIpc) is 3.25. The summed E-state index contributed by atoms with van der Waals surface area (Å²) in [7, 11) is 0. The second-order valence-corrected chi connectivity index (χ2v) is 8.20. The summed E-state index contributed by atoms with van der Waals surface area (Å²) in [4.78, 5) is 1.61. The summed E-state index contributed by atoms with van der Waals surface area (Å²) in [6.07, 6.45) is 7.38. The summed E-state index contributed by atoms with van der Waals surface area (Å²) in [6.45, 7) is 3.66. The third kappa shape index (κ3) is 2.60. The normalized spacial score (nSPS) is 18.6. The predicted molar refractivity (Wildman–Crippen MR) is 107 cm³/mol. The Morgan fingerprint density at radius 1 is 1.15 bits per heavy atom. The van der Waals surface area contributed by atoms with Crippen molar-refractivity contribution in [2.75, 3.05) is 6.61 Å². The van der Waals surface area contributed by atoms with E-state index in [-0.39, 0.29) is 6.04 Å². The Kier molecular flexibility index (Phi) is 4.10. The Hall–Kier alpha value is -2.04. The van der Waals surface area contributed by atoms with E-state index < -0.39 is 0 Å². The molecule has 26 heavy (non-hydrogen) atoms. The number of benzene rings is 1. The number of hydrogen-bond donors (Lipinski definition) is 1. The number of fused-ring (bicyclic) bond motifs is 5. The zero-order valence-corrected chi connectivity index (χ0v) is 15.9. The van der Waals surface area contributed by atoms with Crippen molar-refractivity contribution in [1.29, 1.82) is 0 Å². The maximum absolute atomic E-state index is 5.73. The van der Waals surface area contributed by atoms with E-state index in [1.54, 1.807) is 10.4 Å². The number of hydrogen-bond acceptors (Lipinski definition) is 3. The summed E-state index contributed by atoms with van der Waals surface area (Å²) < 4.78 is 8.14. The topological polar surface area (TPSA) is 26.2 Å². The number of rotatable bonds is 3. The van der Waals surface area contributed by atoms with Crippen LogP contribution in [0.4, 0.5) is 0 Å². The van der Waals surface area contributed by atoms with Gasteiger partial charge in [0.1, 0.15) is 10.8 Å². The second-order valence-electron chi connectivity index (χ2n) is 7.12. The molecule has 0 saturated heterocycles. The van der Waals surface area contributed by atoms with Crippen molar-refractivity contribution in [2.45, 2.75) is 45.2 Å². The minimum absolute atomic E-state index is 0.184. The third-order valence-electron chi connectivity index (χ3n) is 5.54. The molecule has 0 radical (unpaired) electrons. The van der Waals surface area contributed by atoms with E-state index in [9.17, 15) is 0 Å². The highest BCUT2D eigenvalue weighted by Gasteiger charge is 2.28. The van der Waals surface area contributed by atoms with Gasteiger partial charge < -0.3 is 14.6 Å². The molecule has 0 amide bonds. The van der Waals surface area contributed by atoms with Gasteiger partial charge in [-0.3, -0.25) is 0 Å². The van der Waals surface area contributed by atoms with Gasteiger partial charge in [0.15, 0.2) is 0 Å². The molecule has 3 aromatic rings. The average molecular weight is 365 g/mol. The van der Waals surface area contributed by atoms with Crippen LogP contribution in [0.15, 0.2) is 42.6 Å². The molecule has 0 unspecified atom stereocenters. The first-order chi connectivity index (χ1) is 12.8.